The average molecular weight is 327 g/mol. The lowest BCUT2D eigenvalue weighted by molar-refractivity contribution is -0.145. The molecule has 1 unspecified atom stereocenters. The smallest absolute Gasteiger partial charge is 0.325 e. The molecule has 0 bridgehead atoms. The van der Waals surface area contributed by atoms with Crippen molar-refractivity contribution >= 4 is 41.6 Å². The number of carbonyl (C=O) groups is 1. The highest BCUT2D eigenvalue weighted by molar-refractivity contribution is 6.42. The summed E-state index contributed by atoms with van der Waals surface area (Å²) in [6.07, 6.45) is 0. The fourth-order valence-electron chi connectivity index (χ4n) is 2.03. The van der Waals surface area contributed by atoms with Gasteiger partial charge in [-0.2, -0.15) is 0 Å². The van der Waals surface area contributed by atoms with Crippen LogP contribution in [0.5, 0.6) is 0 Å². The van der Waals surface area contributed by atoms with Gasteiger partial charge in [-0.1, -0.05) is 29.3 Å². The summed E-state index contributed by atoms with van der Waals surface area (Å²) < 4.78 is 5.23. The van der Waals surface area contributed by atoms with E-state index in [0.717, 1.165) is 0 Å². The van der Waals surface area contributed by atoms with Crippen LogP contribution in [-0.2, 0) is 9.53 Å². The first kappa shape index (κ1) is 16.5. The molecule has 1 aromatic carbocycles. The maximum atomic E-state index is 11.4. The van der Waals surface area contributed by atoms with E-state index in [1.807, 2.05) is 4.90 Å². The van der Waals surface area contributed by atoms with Gasteiger partial charge in [0, 0.05) is 13.1 Å². The van der Waals surface area contributed by atoms with E-state index < -0.39 is 12.0 Å². The quantitative estimate of drug-likeness (QED) is 0.928. The first-order chi connectivity index (χ1) is 8.59. The fraction of sp³-hybridized carbons (Fsp3) is 0.417. The van der Waals surface area contributed by atoms with Gasteiger partial charge in [-0.25, -0.2) is 0 Å². The zero-order valence-corrected chi connectivity index (χ0v) is 12.3. The second-order valence-corrected chi connectivity index (χ2v) is 4.88. The lowest BCUT2D eigenvalue weighted by Crippen LogP contribution is -2.42. The molecule has 1 aliphatic heterocycles. The standard InChI is InChI=1S/C12H13Cl2NO3.ClH/c13-9-2-1-8(7-10(9)14)11(12(16)17)15-3-5-18-6-4-15;/h1-2,7,11H,3-6H2,(H,16,17);1H. The number of morpholine rings is 1. The molecule has 1 N–H and O–H groups in total. The zero-order chi connectivity index (χ0) is 13.1. The van der Waals surface area contributed by atoms with Gasteiger partial charge in [-0.05, 0) is 17.7 Å². The van der Waals surface area contributed by atoms with Crippen molar-refractivity contribution in [1.82, 2.24) is 4.90 Å². The minimum atomic E-state index is -0.893. The van der Waals surface area contributed by atoms with Crippen LogP contribution in [0, 0.1) is 0 Å². The van der Waals surface area contributed by atoms with Crippen LogP contribution in [0.15, 0.2) is 18.2 Å². The third kappa shape index (κ3) is 3.97. The average Bonchev–Trinajstić information content (AvgIpc) is 2.35. The Hall–Kier alpha value is -0.520. The molecule has 1 aliphatic rings. The highest BCUT2D eigenvalue weighted by atomic mass is 35.5. The molecule has 7 heteroatoms. The molecule has 4 nitrogen and oxygen atoms in total. The van der Waals surface area contributed by atoms with Gasteiger partial charge in [-0.15, -0.1) is 12.4 Å². The van der Waals surface area contributed by atoms with E-state index in [1.54, 1.807) is 18.2 Å². The molecule has 1 aromatic rings. The normalized spacial score (nSPS) is 17.6. The minimum Gasteiger partial charge on any atom is -0.480 e. The summed E-state index contributed by atoms with van der Waals surface area (Å²) in [4.78, 5) is 13.3. The lowest BCUT2D eigenvalue weighted by Gasteiger charge is -2.32. The molecular weight excluding hydrogens is 312 g/mol. The Morgan fingerprint density at radius 2 is 1.89 bits per heavy atom. The lowest BCUT2D eigenvalue weighted by atomic mass is 10.1. The monoisotopic (exact) mass is 325 g/mol. The first-order valence-corrected chi connectivity index (χ1v) is 6.35. The number of carboxylic acid groups (broad SMARTS) is 1. The minimum absolute atomic E-state index is 0. The van der Waals surface area contributed by atoms with Gasteiger partial charge in [0.05, 0.1) is 23.3 Å². The van der Waals surface area contributed by atoms with E-state index in [2.05, 4.69) is 0 Å². The molecule has 1 saturated heterocycles. The van der Waals surface area contributed by atoms with Gasteiger partial charge in [0.2, 0.25) is 0 Å². The molecule has 0 aromatic heterocycles. The van der Waals surface area contributed by atoms with Crippen LogP contribution >= 0.6 is 35.6 Å². The Morgan fingerprint density at radius 3 is 2.42 bits per heavy atom. The number of nitrogens with zero attached hydrogens (tertiary/aromatic N) is 1. The van der Waals surface area contributed by atoms with Gasteiger partial charge < -0.3 is 9.84 Å². The summed E-state index contributed by atoms with van der Waals surface area (Å²) >= 11 is 11.8. The molecule has 106 valence electrons. The molecule has 19 heavy (non-hydrogen) atoms. The summed E-state index contributed by atoms with van der Waals surface area (Å²) in [5, 5.41) is 10.2. The van der Waals surface area contributed by atoms with Gasteiger partial charge in [0.1, 0.15) is 6.04 Å². The van der Waals surface area contributed by atoms with Crippen LogP contribution in [0.2, 0.25) is 10.0 Å². The number of ether oxygens (including phenoxy) is 1. The number of benzene rings is 1. The number of aliphatic carboxylic acids is 1. The third-order valence-electron chi connectivity index (χ3n) is 2.90. The Morgan fingerprint density at radius 1 is 1.26 bits per heavy atom. The summed E-state index contributed by atoms with van der Waals surface area (Å²) in [5.41, 5.74) is 0.638. The predicted molar refractivity (Wildman–Crippen MR) is 76.5 cm³/mol. The molecule has 0 aliphatic carbocycles. The molecule has 1 heterocycles. The van der Waals surface area contributed by atoms with Crippen LogP contribution in [0.4, 0.5) is 0 Å². The van der Waals surface area contributed by atoms with Gasteiger partial charge in [0.15, 0.2) is 0 Å². The molecule has 0 amide bonds. The maximum Gasteiger partial charge on any atom is 0.325 e. The Kier molecular flexibility index (Phi) is 6.36. The van der Waals surface area contributed by atoms with Crippen LogP contribution in [-0.4, -0.2) is 42.3 Å². The topological polar surface area (TPSA) is 49.8 Å². The van der Waals surface area contributed by atoms with Crippen molar-refractivity contribution in [2.75, 3.05) is 26.3 Å². The third-order valence-corrected chi connectivity index (χ3v) is 3.64. The largest absolute Gasteiger partial charge is 0.480 e. The van der Waals surface area contributed by atoms with E-state index in [9.17, 15) is 9.90 Å². The summed E-state index contributed by atoms with van der Waals surface area (Å²) in [6.45, 7) is 2.28. The van der Waals surface area contributed by atoms with E-state index in [1.165, 1.54) is 0 Å². The van der Waals surface area contributed by atoms with Gasteiger partial charge in [0.25, 0.3) is 0 Å². The zero-order valence-electron chi connectivity index (χ0n) is 10.0. The second kappa shape index (κ2) is 7.31. The van der Waals surface area contributed by atoms with Crippen molar-refractivity contribution in [2.45, 2.75) is 6.04 Å². The van der Waals surface area contributed by atoms with E-state index in [4.69, 9.17) is 27.9 Å². The number of rotatable bonds is 3. The number of halogens is 3. The Bertz CT molecular complexity index is 450. The molecule has 0 spiro atoms. The Labute approximate surface area is 127 Å². The van der Waals surface area contributed by atoms with Crippen molar-refractivity contribution in [3.8, 4) is 0 Å². The summed E-state index contributed by atoms with van der Waals surface area (Å²) in [6, 6.07) is 4.22. The molecule has 1 atom stereocenters. The second-order valence-electron chi connectivity index (χ2n) is 4.06. The number of hydrogen-bond acceptors (Lipinski definition) is 3. The summed E-state index contributed by atoms with van der Waals surface area (Å²) in [5.74, 6) is -0.893. The van der Waals surface area contributed by atoms with Crippen LogP contribution in [0.1, 0.15) is 11.6 Å². The van der Waals surface area contributed by atoms with Crippen molar-refractivity contribution in [1.29, 1.82) is 0 Å². The predicted octanol–water partition coefficient (Wildman–Crippen LogP) is 2.87. The van der Waals surface area contributed by atoms with Crippen molar-refractivity contribution in [2.24, 2.45) is 0 Å². The molecule has 0 saturated carbocycles. The van der Waals surface area contributed by atoms with E-state index in [0.29, 0.717) is 41.9 Å². The van der Waals surface area contributed by atoms with E-state index in [-0.39, 0.29) is 12.4 Å². The van der Waals surface area contributed by atoms with Gasteiger partial charge >= 0.3 is 5.97 Å². The van der Waals surface area contributed by atoms with Crippen molar-refractivity contribution < 1.29 is 14.6 Å². The number of hydrogen-bond donors (Lipinski definition) is 1. The first-order valence-electron chi connectivity index (χ1n) is 5.59. The number of carboxylic acids is 1. The summed E-state index contributed by atoms with van der Waals surface area (Å²) in [7, 11) is 0. The van der Waals surface area contributed by atoms with Crippen LogP contribution in [0.3, 0.4) is 0 Å². The van der Waals surface area contributed by atoms with Crippen molar-refractivity contribution in [3.05, 3.63) is 33.8 Å². The van der Waals surface area contributed by atoms with E-state index >= 15 is 0 Å². The molecule has 0 radical (unpaired) electrons. The van der Waals surface area contributed by atoms with Gasteiger partial charge in [-0.3, -0.25) is 9.69 Å². The maximum absolute atomic E-state index is 11.4. The molecule has 2 rings (SSSR count). The SMILES string of the molecule is Cl.O=C(O)C(c1ccc(Cl)c(Cl)c1)N1CCOCC1. The molecular formula is C12H14Cl3NO3. The fourth-order valence-corrected chi connectivity index (χ4v) is 2.33. The highest BCUT2D eigenvalue weighted by Crippen LogP contribution is 2.29. The van der Waals surface area contributed by atoms with Crippen LogP contribution < -0.4 is 0 Å². The highest BCUT2D eigenvalue weighted by Gasteiger charge is 2.29. The van der Waals surface area contributed by atoms with Crippen molar-refractivity contribution in [3.63, 3.8) is 0 Å². The Balaban J connectivity index is 0.00000180. The molecule has 1 fully saturated rings. The van der Waals surface area contributed by atoms with Crippen LogP contribution in [0.25, 0.3) is 0 Å².